The van der Waals surface area contributed by atoms with Gasteiger partial charge in [-0.05, 0) is 37.2 Å². The number of anilines is 1. The van der Waals surface area contributed by atoms with Crippen LogP contribution >= 0.6 is 15.9 Å². The maximum atomic E-state index is 4.65. The van der Waals surface area contributed by atoms with Crippen LogP contribution in [0, 0.1) is 0 Å². The Kier molecular flexibility index (Phi) is 6.21. The van der Waals surface area contributed by atoms with Crippen molar-refractivity contribution in [3.05, 3.63) is 58.2 Å². The molecule has 0 spiro atoms. The molecule has 1 heterocycles. The first kappa shape index (κ1) is 16.0. The van der Waals surface area contributed by atoms with Gasteiger partial charge in [-0.3, -0.25) is 4.90 Å². The van der Waals surface area contributed by atoms with Crippen molar-refractivity contribution >= 4 is 21.7 Å². The largest absolute Gasteiger partial charge is 0.370 e. The minimum atomic E-state index is 0.836. The zero-order valence-corrected chi connectivity index (χ0v) is 14.2. The standard InChI is InChI=1S/C17H22BrN3/c1-3-11-19-17-10-6-8-15(20-17)13-21(2)12-14-7-4-5-9-16(14)18/h4-10H,3,11-13H2,1-2H3,(H,19,20). The molecule has 0 aliphatic heterocycles. The lowest BCUT2D eigenvalue weighted by Crippen LogP contribution is -2.18. The van der Waals surface area contributed by atoms with Gasteiger partial charge in [0.2, 0.25) is 0 Å². The molecule has 1 aromatic carbocycles. The van der Waals surface area contributed by atoms with Crippen LogP contribution < -0.4 is 5.32 Å². The first-order valence-electron chi connectivity index (χ1n) is 7.30. The van der Waals surface area contributed by atoms with Gasteiger partial charge in [0, 0.05) is 24.1 Å². The van der Waals surface area contributed by atoms with E-state index in [1.165, 1.54) is 5.56 Å². The number of benzene rings is 1. The smallest absolute Gasteiger partial charge is 0.126 e. The van der Waals surface area contributed by atoms with Crippen LogP contribution in [0.2, 0.25) is 0 Å². The summed E-state index contributed by atoms with van der Waals surface area (Å²) in [7, 11) is 2.12. The van der Waals surface area contributed by atoms with Crippen molar-refractivity contribution in [3.63, 3.8) is 0 Å². The van der Waals surface area contributed by atoms with Gasteiger partial charge in [0.25, 0.3) is 0 Å². The highest BCUT2D eigenvalue weighted by Crippen LogP contribution is 2.18. The number of hydrogen-bond donors (Lipinski definition) is 1. The highest BCUT2D eigenvalue weighted by atomic mass is 79.9. The van der Waals surface area contributed by atoms with Crippen LogP contribution in [0.15, 0.2) is 46.9 Å². The Balaban J connectivity index is 1.96. The molecule has 0 aliphatic rings. The zero-order valence-electron chi connectivity index (χ0n) is 12.6. The molecule has 0 radical (unpaired) electrons. The fourth-order valence-electron chi connectivity index (χ4n) is 2.17. The fraction of sp³-hybridized carbons (Fsp3) is 0.353. The molecular formula is C17H22BrN3. The number of hydrogen-bond acceptors (Lipinski definition) is 3. The van der Waals surface area contributed by atoms with Gasteiger partial charge < -0.3 is 5.32 Å². The summed E-state index contributed by atoms with van der Waals surface area (Å²) in [5, 5.41) is 3.33. The quantitative estimate of drug-likeness (QED) is 0.809. The summed E-state index contributed by atoms with van der Waals surface area (Å²) in [6.07, 6.45) is 1.11. The van der Waals surface area contributed by atoms with Crippen molar-refractivity contribution in [1.29, 1.82) is 0 Å². The Hall–Kier alpha value is -1.39. The van der Waals surface area contributed by atoms with Gasteiger partial charge in [0.1, 0.15) is 5.82 Å². The van der Waals surface area contributed by atoms with Crippen LogP contribution in [0.4, 0.5) is 5.82 Å². The molecule has 1 aromatic heterocycles. The lowest BCUT2D eigenvalue weighted by atomic mass is 10.2. The molecule has 0 saturated carbocycles. The second-order valence-electron chi connectivity index (χ2n) is 5.20. The monoisotopic (exact) mass is 347 g/mol. The fourth-order valence-corrected chi connectivity index (χ4v) is 2.58. The van der Waals surface area contributed by atoms with Crippen molar-refractivity contribution in [1.82, 2.24) is 9.88 Å². The molecule has 1 N–H and O–H groups in total. The predicted molar refractivity (Wildman–Crippen MR) is 92.3 cm³/mol. The van der Waals surface area contributed by atoms with E-state index in [0.717, 1.165) is 42.0 Å². The van der Waals surface area contributed by atoms with Crippen molar-refractivity contribution in [2.45, 2.75) is 26.4 Å². The van der Waals surface area contributed by atoms with Crippen LogP contribution in [0.1, 0.15) is 24.6 Å². The summed E-state index contributed by atoms with van der Waals surface area (Å²) in [6.45, 7) is 4.85. The second kappa shape index (κ2) is 8.15. The topological polar surface area (TPSA) is 28.2 Å². The van der Waals surface area contributed by atoms with Gasteiger partial charge in [-0.25, -0.2) is 4.98 Å². The predicted octanol–water partition coefficient (Wildman–Crippen LogP) is 4.30. The van der Waals surface area contributed by atoms with E-state index in [4.69, 9.17) is 0 Å². The van der Waals surface area contributed by atoms with E-state index in [1.807, 2.05) is 12.1 Å². The van der Waals surface area contributed by atoms with Gasteiger partial charge in [0.05, 0.1) is 5.69 Å². The summed E-state index contributed by atoms with van der Waals surface area (Å²) in [5.41, 5.74) is 2.38. The molecule has 0 amide bonds. The number of nitrogens with one attached hydrogen (secondary N) is 1. The minimum absolute atomic E-state index is 0.836. The average Bonchev–Trinajstić information content (AvgIpc) is 2.48. The second-order valence-corrected chi connectivity index (χ2v) is 6.06. The summed E-state index contributed by atoms with van der Waals surface area (Å²) >= 11 is 3.60. The summed E-state index contributed by atoms with van der Waals surface area (Å²) < 4.78 is 1.16. The van der Waals surface area contributed by atoms with Crippen molar-refractivity contribution < 1.29 is 0 Å². The first-order chi connectivity index (χ1) is 10.2. The molecule has 0 unspecified atom stereocenters. The third kappa shape index (κ3) is 5.14. The van der Waals surface area contributed by atoms with Crippen LogP contribution in [-0.4, -0.2) is 23.5 Å². The van der Waals surface area contributed by atoms with E-state index in [0.29, 0.717) is 0 Å². The van der Waals surface area contributed by atoms with Crippen LogP contribution in [0.25, 0.3) is 0 Å². The maximum Gasteiger partial charge on any atom is 0.126 e. The molecule has 4 heteroatoms. The molecule has 0 fully saturated rings. The molecular weight excluding hydrogens is 326 g/mol. The Labute approximate surface area is 135 Å². The highest BCUT2D eigenvalue weighted by Gasteiger charge is 2.06. The van der Waals surface area contributed by atoms with E-state index in [-0.39, 0.29) is 0 Å². The summed E-state index contributed by atoms with van der Waals surface area (Å²) in [4.78, 5) is 6.92. The first-order valence-corrected chi connectivity index (χ1v) is 8.10. The summed E-state index contributed by atoms with van der Waals surface area (Å²) in [6, 6.07) is 14.5. The van der Waals surface area contributed by atoms with E-state index in [2.05, 4.69) is 75.4 Å². The van der Waals surface area contributed by atoms with Crippen molar-refractivity contribution in [2.24, 2.45) is 0 Å². The van der Waals surface area contributed by atoms with Gasteiger partial charge >= 0.3 is 0 Å². The van der Waals surface area contributed by atoms with Crippen molar-refractivity contribution in [3.8, 4) is 0 Å². The minimum Gasteiger partial charge on any atom is -0.370 e. The molecule has 21 heavy (non-hydrogen) atoms. The molecule has 112 valence electrons. The summed E-state index contributed by atoms with van der Waals surface area (Å²) in [5.74, 6) is 0.962. The van der Waals surface area contributed by atoms with Crippen molar-refractivity contribution in [2.75, 3.05) is 18.9 Å². The Morgan fingerprint density at radius 3 is 2.67 bits per heavy atom. The number of aromatic nitrogens is 1. The number of halogens is 1. The van der Waals surface area contributed by atoms with E-state index in [1.54, 1.807) is 0 Å². The lowest BCUT2D eigenvalue weighted by Gasteiger charge is -2.17. The molecule has 2 aromatic rings. The molecule has 3 nitrogen and oxygen atoms in total. The highest BCUT2D eigenvalue weighted by molar-refractivity contribution is 9.10. The number of nitrogens with zero attached hydrogens (tertiary/aromatic N) is 2. The van der Waals surface area contributed by atoms with Crippen LogP contribution in [0.5, 0.6) is 0 Å². The Bertz CT molecular complexity index is 571. The van der Waals surface area contributed by atoms with E-state index >= 15 is 0 Å². The van der Waals surface area contributed by atoms with Gasteiger partial charge in [-0.2, -0.15) is 0 Å². The molecule has 2 rings (SSSR count). The third-order valence-corrected chi connectivity index (χ3v) is 3.97. The number of pyridine rings is 1. The Morgan fingerprint density at radius 1 is 1.10 bits per heavy atom. The lowest BCUT2D eigenvalue weighted by molar-refractivity contribution is 0.314. The molecule has 0 atom stereocenters. The maximum absolute atomic E-state index is 4.65. The van der Waals surface area contributed by atoms with Gasteiger partial charge in [0.15, 0.2) is 0 Å². The van der Waals surface area contributed by atoms with Gasteiger partial charge in [-0.1, -0.05) is 47.1 Å². The molecule has 0 saturated heterocycles. The van der Waals surface area contributed by atoms with E-state index < -0.39 is 0 Å². The molecule has 0 bridgehead atoms. The van der Waals surface area contributed by atoms with Crippen LogP contribution in [-0.2, 0) is 13.1 Å². The Morgan fingerprint density at radius 2 is 1.90 bits per heavy atom. The van der Waals surface area contributed by atoms with Gasteiger partial charge in [-0.15, -0.1) is 0 Å². The SMILES string of the molecule is CCCNc1cccc(CN(C)Cc2ccccc2Br)n1. The molecule has 0 aliphatic carbocycles. The van der Waals surface area contributed by atoms with E-state index in [9.17, 15) is 0 Å². The zero-order chi connectivity index (χ0) is 15.1. The normalized spacial score (nSPS) is 10.9. The number of rotatable bonds is 7. The third-order valence-electron chi connectivity index (χ3n) is 3.19. The average molecular weight is 348 g/mol. The van der Waals surface area contributed by atoms with Crippen LogP contribution in [0.3, 0.4) is 0 Å².